The van der Waals surface area contributed by atoms with E-state index >= 15 is 0 Å². The van der Waals surface area contributed by atoms with E-state index in [1.807, 2.05) is 0 Å². The number of carboxylic acid groups (broad SMARTS) is 1. The zero-order chi connectivity index (χ0) is 14.6. The molecule has 0 amide bonds. The molecule has 0 aromatic heterocycles. The number of methoxy groups -OCH3 is 3. The molecule has 0 radical (unpaired) electrons. The lowest BCUT2D eigenvalue weighted by atomic mass is 10.0. The Balaban J connectivity index is 3.45. The van der Waals surface area contributed by atoms with E-state index in [4.69, 9.17) is 20.3 Å². The van der Waals surface area contributed by atoms with Crippen LogP contribution >= 0.6 is 0 Å². The molecular weight excluding hydrogens is 254 g/mol. The second kappa shape index (κ2) is 6.05. The molecule has 0 unspecified atom stereocenters. The van der Waals surface area contributed by atoms with Crippen molar-refractivity contribution in [1.29, 1.82) is 0 Å². The number of ether oxygens (including phenoxy) is 3. The summed E-state index contributed by atoms with van der Waals surface area (Å²) in [5.74, 6) is -1.46. The molecule has 0 fully saturated rings. The Labute approximate surface area is 109 Å². The number of nitrogens with two attached hydrogens (primary N) is 1. The minimum atomic E-state index is -1.32. The number of hydrogen-bond donors (Lipinski definition) is 2. The standard InChI is InChI=1S/C12H15NO6/c1-17-8-5-9(18-2)7(12(16)19-3)4-6(8)10(13)11(14)15/h4-5,10H,13H2,1-3H3,(H,14,15)/t10-/m0/s1. The first-order chi connectivity index (χ1) is 8.96. The molecule has 0 aliphatic carbocycles. The van der Waals surface area contributed by atoms with Gasteiger partial charge in [-0.15, -0.1) is 0 Å². The van der Waals surface area contributed by atoms with E-state index in [0.717, 1.165) is 0 Å². The van der Waals surface area contributed by atoms with Gasteiger partial charge in [-0.1, -0.05) is 0 Å². The van der Waals surface area contributed by atoms with E-state index in [1.165, 1.54) is 33.5 Å². The third-order valence-electron chi connectivity index (χ3n) is 2.56. The minimum Gasteiger partial charge on any atom is -0.496 e. The number of aliphatic carboxylic acids is 1. The summed E-state index contributed by atoms with van der Waals surface area (Å²) in [6.45, 7) is 0. The summed E-state index contributed by atoms with van der Waals surface area (Å²) in [6.07, 6.45) is 0. The van der Waals surface area contributed by atoms with Crippen LogP contribution < -0.4 is 15.2 Å². The van der Waals surface area contributed by atoms with E-state index in [-0.39, 0.29) is 22.6 Å². The van der Waals surface area contributed by atoms with Gasteiger partial charge in [0.1, 0.15) is 23.1 Å². The lowest BCUT2D eigenvalue weighted by Gasteiger charge is -2.16. The highest BCUT2D eigenvalue weighted by atomic mass is 16.5. The molecule has 1 aromatic rings. The summed E-state index contributed by atoms with van der Waals surface area (Å²) in [5, 5.41) is 8.94. The van der Waals surface area contributed by atoms with Crippen LogP contribution in [0.4, 0.5) is 0 Å². The van der Waals surface area contributed by atoms with E-state index in [1.54, 1.807) is 0 Å². The quantitative estimate of drug-likeness (QED) is 0.752. The van der Waals surface area contributed by atoms with Crippen molar-refractivity contribution in [2.45, 2.75) is 6.04 Å². The monoisotopic (exact) mass is 269 g/mol. The van der Waals surface area contributed by atoms with Gasteiger partial charge >= 0.3 is 11.9 Å². The van der Waals surface area contributed by atoms with Crippen LogP contribution in [0.15, 0.2) is 12.1 Å². The fraction of sp³-hybridized carbons (Fsp3) is 0.333. The van der Waals surface area contributed by atoms with E-state index in [0.29, 0.717) is 0 Å². The molecule has 1 atom stereocenters. The van der Waals surface area contributed by atoms with Crippen molar-refractivity contribution < 1.29 is 28.9 Å². The molecular formula is C12H15NO6. The Morgan fingerprint density at radius 1 is 1.16 bits per heavy atom. The topological polar surface area (TPSA) is 108 Å². The van der Waals surface area contributed by atoms with Gasteiger partial charge in [-0.25, -0.2) is 4.79 Å². The molecule has 0 saturated heterocycles. The minimum absolute atomic E-state index is 0.0810. The SMILES string of the molecule is COC(=O)c1cc([C@H](N)C(=O)O)c(OC)cc1OC. The van der Waals surface area contributed by atoms with Crippen LogP contribution in [0.2, 0.25) is 0 Å². The van der Waals surface area contributed by atoms with Crippen molar-refractivity contribution >= 4 is 11.9 Å². The van der Waals surface area contributed by atoms with Crippen LogP contribution in [0.25, 0.3) is 0 Å². The maximum Gasteiger partial charge on any atom is 0.341 e. The largest absolute Gasteiger partial charge is 0.496 e. The number of hydrogen-bond acceptors (Lipinski definition) is 6. The van der Waals surface area contributed by atoms with Gasteiger partial charge in [-0.3, -0.25) is 4.79 Å². The maximum atomic E-state index is 11.6. The Hall–Kier alpha value is -2.28. The van der Waals surface area contributed by atoms with Crippen molar-refractivity contribution in [3.63, 3.8) is 0 Å². The second-order valence-corrected chi connectivity index (χ2v) is 3.60. The summed E-state index contributed by atoms with van der Waals surface area (Å²) >= 11 is 0. The number of esters is 1. The Morgan fingerprint density at radius 3 is 2.16 bits per heavy atom. The van der Waals surface area contributed by atoms with Crippen molar-refractivity contribution in [2.75, 3.05) is 21.3 Å². The molecule has 7 heteroatoms. The van der Waals surface area contributed by atoms with Crippen molar-refractivity contribution in [3.05, 3.63) is 23.3 Å². The molecule has 0 spiro atoms. The third-order valence-corrected chi connectivity index (χ3v) is 2.56. The number of rotatable bonds is 5. The third kappa shape index (κ3) is 2.94. The number of benzene rings is 1. The predicted molar refractivity (Wildman–Crippen MR) is 65.4 cm³/mol. The molecule has 1 rings (SSSR count). The van der Waals surface area contributed by atoms with Crippen LogP contribution in [0.5, 0.6) is 11.5 Å². The molecule has 3 N–H and O–H groups in total. The van der Waals surface area contributed by atoms with Gasteiger partial charge in [-0.05, 0) is 6.07 Å². The second-order valence-electron chi connectivity index (χ2n) is 3.60. The Bertz CT molecular complexity index is 499. The summed E-state index contributed by atoms with van der Waals surface area (Å²) < 4.78 is 14.7. The zero-order valence-corrected chi connectivity index (χ0v) is 10.8. The molecule has 0 heterocycles. The summed E-state index contributed by atoms with van der Waals surface area (Å²) in [5.41, 5.74) is 5.79. The van der Waals surface area contributed by atoms with Gasteiger partial charge < -0.3 is 25.1 Å². The lowest BCUT2D eigenvalue weighted by molar-refractivity contribution is -0.138. The van der Waals surface area contributed by atoms with Crippen LogP contribution in [0, 0.1) is 0 Å². The Kier molecular flexibility index (Phi) is 4.71. The Morgan fingerprint density at radius 2 is 1.74 bits per heavy atom. The van der Waals surface area contributed by atoms with Gasteiger partial charge in [0.25, 0.3) is 0 Å². The highest BCUT2D eigenvalue weighted by Crippen LogP contribution is 2.32. The first-order valence-corrected chi connectivity index (χ1v) is 5.28. The summed E-state index contributed by atoms with van der Waals surface area (Å²) in [7, 11) is 3.95. The van der Waals surface area contributed by atoms with E-state index < -0.39 is 18.0 Å². The number of carbonyl (C=O) groups excluding carboxylic acids is 1. The first-order valence-electron chi connectivity index (χ1n) is 5.28. The van der Waals surface area contributed by atoms with Gasteiger partial charge in [0.15, 0.2) is 0 Å². The van der Waals surface area contributed by atoms with Crippen LogP contribution in [0.3, 0.4) is 0 Å². The van der Waals surface area contributed by atoms with Crippen molar-refractivity contribution in [2.24, 2.45) is 5.73 Å². The molecule has 7 nitrogen and oxygen atoms in total. The molecule has 0 aliphatic rings. The van der Waals surface area contributed by atoms with Crippen LogP contribution in [-0.4, -0.2) is 38.4 Å². The van der Waals surface area contributed by atoms with Gasteiger partial charge in [0, 0.05) is 11.6 Å². The first kappa shape index (κ1) is 14.8. The summed E-state index contributed by atoms with van der Waals surface area (Å²) in [6, 6.07) is 1.37. The smallest absolute Gasteiger partial charge is 0.341 e. The molecule has 1 aromatic carbocycles. The maximum absolute atomic E-state index is 11.6. The molecule has 19 heavy (non-hydrogen) atoms. The van der Waals surface area contributed by atoms with Crippen molar-refractivity contribution in [3.8, 4) is 11.5 Å². The molecule has 0 saturated carbocycles. The van der Waals surface area contributed by atoms with Gasteiger partial charge in [-0.2, -0.15) is 0 Å². The average Bonchev–Trinajstić information content (AvgIpc) is 2.43. The summed E-state index contributed by atoms with van der Waals surface area (Å²) in [4.78, 5) is 22.6. The molecule has 0 aliphatic heterocycles. The van der Waals surface area contributed by atoms with E-state index in [2.05, 4.69) is 4.74 Å². The molecule has 104 valence electrons. The normalized spacial score (nSPS) is 11.6. The number of carboxylic acids is 1. The fourth-order valence-electron chi connectivity index (χ4n) is 1.57. The predicted octanol–water partition coefficient (Wildman–Crippen LogP) is 0.575. The fourth-order valence-corrected chi connectivity index (χ4v) is 1.57. The van der Waals surface area contributed by atoms with Crippen LogP contribution in [0.1, 0.15) is 22.0 Å². The number of carbonyl (C=O) groups is 2. The molecule has 0 bridgehead atoms. The lowest BCUT2D eigenvalue weighted by Crippen LogP contribution is -2.22. The van der Waals surface area contributed by atoms with Crippen molar-refractivity contribution in [1.82, 2.24) is 0 Å². The average molecular weight is 269 g/mol. The highest BCUT2D eigenvalue weighted by molar-refractivity contribution is 5.93. The van der Waals surface area contributed by atoms with E-state index in [9.17, 15) is 9.59 Å². The van der Waals surface area contributed by atoms with Gasteiger partial charge in [0.2, 0.25) is 0 Å². The van der Waals surface area contributed by atoms with Gasteiger partial charge in [0.05, 0.1) is 21.3 Å². The van der Waals surface area contributed by atoms with Crippen LogP contribution in [-0.2, 0) is 9.53 Å². The zero-order valence-electron chi connectivity index (χ0n) is 10.8. The highest BCUT2D eigenvalue weighted by Gasteiger charge is 2.24.